The molecule has 1 heterocycles. The molecule has 0 fully saturated rings. The minimum absolute atomic E-state index is 0.381. The third kappa shape index (κ3) is 7.36. The Kier molecular flexibility index (Phi) is 9.05. The molecule has 0 saturated heterocycles. The third-order valence-electron chi connectivity index (χ3n) is 3.50. The van der Waals surface area contributed by atoms with Crippen LogP contribution in [0.3, 0.4) is 0 Å². The van der Waals surface area contributed by atoms with Crippen LogP contribution in [0.1, 0.15) is 25.1 Å². The first kappa shape index (κ1) is 17.6. The Morgan fingerprint density at radius 1 is 1.50 bits per heavy atom. The van der Waals surface area contributed by atoms with E-state index in [4.69, 9.17) is 4.74 Å². The van der Waals surface area contributed by atoms with Crippen LogP contribution < -0.4 is 5.32 Å². The quantitative estimate of drug-likeness (QED) is 0.613. The van der Waals surface area contributed by atoms with Crippen LogP contribution in [0.2, 0.25) is 0 Å². The van der Waals surface area contributed by atoms with Crippen LogP contribution in [0.4, 0.5) is 0 Å². The Bertz CT molecular complexity index is 333. The molecule has 0 bridgehead atoms. The summed E-state index contributed by atoms with van der Waals surface area (Å²) in [7, 11) is 2.14. The van der Waals surface area contributed by atoms with Gasteiger partial charge < -0.3 is 20.1 Å². The monoisotopic (exact) mass is 300 g/mol. The van der Waals surface area contributed by atoms with E-state index in [0.29, 0.717) is 25.8 Å². The Balaban J connectivity index is 1.98. The fourth-order valence-electron chi connectivity index (χ4n) is 1.81. The van der Waals surface area contributed by atoms with Gasteiger partial charge in [0, 0.05) is 30.6 Å². The second-order valence-corrected chi connectivity index (χ2v) is 6.22. The van der Waals surface area contributed by atoms with Crippen molar-refractivity contribution in [2.75, 3.05) is 33.3 Å². The number of aliphatic hydroxyl groups excluding tert-OH is 1. The number of rotatable bonds is 11. The zero-order valence-electron chi connectivity index (χ0n) is 12.8. The normalized spacial score (nSPS) is 14.7. The first-order valence-electron chi connectivity index (χ1n) is 7.32. The summed E-state index contributed by atoms with van der Waals surface area (Å²) in [4.78, 5) is 3.52. The SMILES string of the molecule is CCC(C)N(C)CCNCC(O)COCc1cccs1. The molecule has 0 aliphatic heterocycles. The third-order valence-corrected chi connectivity index (χ3v) is 4.35. The van der Waals surface area contributed by atoms with Crippen molar-refractivity contribution in [3.05, 3.63) is 22.4 Å². The molecule has 0 aliphatic carbocycles. The molecule has 0 aromatic carbocycles. The molecule has 1 rings (SSSR count). The smallest absolute Gasteiger partial charge is 0.0897 e. The summed E-state index contributed by atoms with van der Waals surface area (Å²) in [5, 5.41) is 15.1. The summed E-state index contributed by atoms with van der Waals surface area (Å²) in [6.45, 7) is 7.87. The van der Waals surface area contributed by atoms with E-state index in [2.05, 4.69) is 31.1 Å². The largest absolute Gasteiger partial charge is 0.389 e. The molecule has 116 valence electrons. The van der Waals surface area contributed by atoms with Gasteiger partial charge >= 0.3 is 0 Å². The fourth-order valence-corrected chi connectivity index (χ4v) is 2.45. The van der Waals surface area contributed by atoms with Gasteiger partial charge in [-0.3, -0.25) is 0 Å². The van der Waals surface area contributed by atoms with E-state index in [-0.39, 0.29) is 0 Å². The predicted molar refractivity (Wildman–Crippen MR) is 85.2 cm³/mol. The summed E-state index contributed by atoms with van der Waals surface area (Å²) in [5.41, 5.74) is 0. The Hall–Kier alpha value is -0.460. The summed E-state index contributed by atoms with van der Waals surface area (Å²) < 4.78 is 5.48. The highest BCUT2D eigenvalue weighted by Gasteiger charge is 2.07. The van der Waals surface area contributed by atoms with E-state index in [1.54, 1.807) is 11.3 Å². The summed E-state index contributed by atoms with van der Waals surface area (Å²) in [6, 6.07) is 4.66. The number of likely N-dealkylation sites (N-methyl/N-ethyl adjacent to an activating group) is 1. The van der Waals surface area contributed by atoms with Gasteiger partial charge in [0.2, 0.25) is 0 Å². The van der Waals surface area contributed by atoms with Crippen molar-refractivity contribution in [2.24, 2.45) is 0 Å². The van der Waals surface area contributed by atoms with Crippen LogP contribution in [0.5, 0.6) is 0 Å². The molecule has 0 saturated carbocycles. The van der Waals surface area contributed by atoms with E-state index in [1.807, 2.05) is 17.5 Å². The molecular formula is C15H28N2O2S. The van der Waals surface area contributed by atoms with Gasteiger partial charge in [-0.2, -0.15) is 0 Å². The molecule has 1 aromatic rings. The Morgan fingerprint density at radius 3 is 2.95 bits per heavy atom. The van der Waals surface area contributed by atoms with Crippen LogP contribution in [-0.2, 0) is 11.3 Å². The van der Waals surface area contributed by atoms with Gasteiger partial charge in [-0.15, -0.1) is 11.3 Å². The molecule has 0 aliphatic rings. The van der Waals surface area contributed by atoms with E-state index >= 15 is 0 Å². The zero-order valence-corrected chi connectivity index (χ0v) is 13.7. The minimum atomic E-state index is -0.441. The Morgan fingerprint density at radius 2 is 2.30 bits per heavy atom. The molecule has 2 atom stereocenters. The van der Waals surface area contributed by atoms with Crippen molar-refractivity contribution in [1.82, 2.24) is 10.2 Å². The standard InChI is InChI=1S/C15H28N2O2S/c1-4-13(2)17(3)8-7-16-10-14(18)11-19-12-15-6-5-9-20-15/h5-6,9,13-14,16,18H,4,7-8,10-12H2,1-3H3. The number of ether oxygens (including phenoxy) is 1. The fraction of sp³-hybridized carbons (Fsp3) is 0.733. The highest BCUT2D eigenvalue weighted by atomic mass is 32.1. The number of nitrogens with zero attached hydrogens (tertiary/aromatic N) is 1. The second kappa shape index (κ2) is 10.3. The molecule has 0 amide bonds. The van der Waals surface area contributed by atoms with E-state index in [1.165, 1.54) is 4.88 Å². The van der Waals surface area contributed by atoms with Gasteiger partial charge in [-0.1, -0.05) is 13.0 Å². The number of aliphatic hydroxyl groups is 1. The van der Waals surface area contributed by atoms with Crippen LogP contribution in [0.25, 0.3) is 0 Å². The predicted octanol–water partition coefficient (Wildman–Crippen LogP) is 1.95. The van der Waals surface area contributed by atoms with Crippen LogP contribution in [-0.4, -0.2) is 55.4 Å². The first-order chi connectivity index (χ1) is 9.63. The molecular weight excluding hydrogens is 272 g/mol. The van der Waals surface area contributed by atoms with Crippen LogP contribution >= 0.6 is 11.3 Å². The maximum atomic E-state index is 9.80. The van der Waals surface area contributed by atoms with E-state index in [0.717, 1.165) is 19.5 Å². The van der Waals surface area contributed by atoms with E-state index in [9.17, 15) is 5.11 Å². The second-order valence-electron chi connectivity index (χ2n) is 5.19. The molecule has 0 spiro atoms. The lowest BCUT2D eigenvalue weighted by Gasteiger charge is -2.23. The van der Waals surface area contributed by atoms with Gasteiger partial charge in [0.25, 0.3) is 0 Å². The lowest BCUT2D eigenvalue weighted by Crippen LogP contribution is -2.38. The average molecular weight is 300 g/mol. The maximum Gasteiger partial charge on any atom is 0.0897 e. The van der Waals surface area contributed by atoms with Crippen LogP contribution in [0.15, 0.2) is 17.5 Å². The molecule has 0 radical (unpaired) electrons. The topological polar surface area (TPSA) is 44.7 Å². The Labute approximate surface area is 126 Å². The van der Waals surface area contributed by atoms with Gasteiger partial charge in [-0.05, 0) is 31.8 Å². The number of hydrogen-bond acceptors (Lipinski definition) is 5. The highest BCUT2D eigenvalue weighted by molar-refractivity contribution is 7.09. The molecule has 20 heavy (non-hydrogen) atoms. The van der Waals surface area contributed by atoms with Crippen molar-refractivity contribution in [2.45, 2.75) is 39.0 Å². The highest BCUT2D eigenvalue weighted by Crippen LogP contribution is 2.09. The van der Waals surface area contributed by atoms with Crippen molar-refractivity contribution in [1.29, 1.82) is 0 Å². The summed E-state index contributed by atoms with van der Waals surface area (Å²) in [5.74, 6) is 0. The van der Waals surface area contributed by atoms with Gasteiger partial charge in [0.05, 0.1) is 19.3 Å². The van der Waals surface area contributed by atoms with Gasteiger partial charge in [-0.25, -0.2) is 0 Å². The lowest BCUT2D eigenvalue weighted by molar-refractivity contribution is 0.0296. The summed E-state index contributed by atoms with van der Waals surface area (Å²) in [6.07, 6.45) is 0.722. The van der Waals surface area contributed by atoms with Crippen molar-refractivity contribution in [3.63, 3.8) is 0 Å². The number of thiophene rings is 1. The van der Waals surface area contributed by atoms with Crippen molar-refractivity contribution < 1.29 is 9.84 Å². The first-order valence-corrected chi connectivity index (χ1v) is 8.20. The summed E-state index contributed by atoms with van der Waals surface area (Å²) >= 11 is 1.68. The number of nitrogens with one attached hydrogen (secondary N) is 1. The molecule has 2 N–H and O–H groups in total. The minimum Gasteiger partial charge on any atom is -0.389 e. The average Bonchev–Trinajstić information content (AvgIpc) is 2.95. The van der Waals surface area contributed by atoms with Crippen molar-refractivity contribution >= 4 is 11.3 Å². The lowest BCUT2D eigenvalue weighted by atomic mass is 10.2. The molecule has 1 aromatic heterocycles. The maximum absolute atomic E-state index is 9.80. The zero-order chi connectivity index (χ0) is 14.8. The van der Waals surface area contributed by atoms with Crippen molar-refractivity contribution in [3.8, 4) is 0 Å². The molecule has 2 unspecified atom stereocenters. The molecule has 4 nitrogen and oxygen atoms in total. The van der Waals surface area contributed by atoms with E-state index < -0.39 is 6.10 Å². The van der Waals surface area contributed by atoms with Gasteiger partial charge in [0.15, 0.2) is 0 Å². The van der Waals surface area contributed by atoms with Crippen LogP contribution in [0, 0.1) is 0 Å². The molecule has 5 heteroatoms. The number of hydrogen-bond donors (Lipinski definition) is 2. The van der Waals surface area contributed by atoms with Gasteiger partial charge in [0.1, 0.15) is 0 Å².